The molecule has 0 amide bonds. The maximum atomic E-state index is 6.05. The van der Waals surface area contributed by atoms with E-state index >= 15 is 0 Å². The number of nitrogens with zero attached hydrogens (tertiary/aromatic N) is 2. The molecule has 2 heterocycles. The highest BCUT2D eigenvalue weighted by Crippen LogP contribution is 2.22. The van der Waals surface area contributed by atoms with Crippen LogP contribution < -0.4 is 5.32 Å². The van der Waals surface area contributed by atoms with Crippen molar-refractivity contribution in [1.82, 2.24) is 14.9 Å². The molecule has 1 aromatic rings. The number of aromatic nitrogens is 2. The zero-order chi connectivity index (χ0) is 8.39. The van der Waals surface area contributed by atoms with E-state index in [1.807, 2.05) is 16.8 Å². The summed E-state index contributed by atoms with van der Waals surface area (Å²) in [5.41, 5.74) is 0. The highest BCUT2D eigenvalue weighted by Gasteiger charge is 2.16. The molecule has 0 radical (unpaired) electrons. The van der Waals surface area contributed by atoms with E-state index in [4.69, 9.17) is 11.6 Å². The van der Waals surface area contributed by atoms with Crippen molar-refractivity contribution in [2.75, 3.05) is 13.1 Å². The van der Waals surface area contributed by atoms with Crippen molar-refractivity contribution in [1.29, 1.82) is 0 Å². The van der Waals surface area contributed by atoms with Gasteiger partial charge < -0.3 is 9.88 Å². The molecule has 1 unspecified atom stereocenters. The highest BCUT2D eigenvalue weighted by atomic mass is 35.5. The van der Waals surface area contributed by atoms with E-state index in [0.29, 0.717) is 0 Å². The second-order valence-corrected chi connectivity index (χ2v) is 3.21. The predicted molar refractivity (Wildman–Crippen MR) is 48.1 cm³/mol. The number of hydrogen-bond acceptors (Lipinski definition) is 2. The average molecular weight is 184 g/mol. The Morgan fingerprint density at radius 1 is 1.67 bits per heavy atom. The number of halogens is 1. The molecule has 64 valence electrons. The van der Waals surface area contributed by atoms with E-state index in [-0.39, 0.29) is 6.04 Å². The smallest absolute Gasteiger partial charge is 0.0952 e. The molecule has 0 aromatic carbocycles. The Labute approximate surface area is 76.1 Å². The van der Waals surface area contributed by atoms with Gasteiger partial charge in [-0.1, -0.05) is 17.7 Å². The standard InChI is InChI=1S/C8H10ClN3/c9-7-1-2-10-5-8(7)12-4-3-11-6-12/h1,3-4,6,8,10H,2,5H2. The zero-order valence-electron chi connectivity index (χ0n) is 6.57. The van der Waals surface area contributed by atoms with Gasteiger partial charge in [0.05, 0.1) is 12.4 Å². The largest absolute Gasteiger partial charge is 0.328 e. The van der Waals surface area contributed by atoms with Gasteiger partial charge in [0.25, 0.3) is 0 Å². The van der Waals surface area contributed by atoms with Gasteiger partial charge >= 0.3 is 0 Å². The van der Waals surface area contributed by atoms with Crippen molar-refractivity contribution in [2.45, 2.75) is 6.04 Å². The third-order valence-electron chi connectivity index (χ3n) is 1.98. The lowest BCUT2D eigenvalue weighted by atomic mass is 10.2. The Balaban J connectivity index is 2.23. The maximum absolute atomic E-state index is 6.05. The third kappa shape index (κ3) is 1.38. The number of rotatable bonds is 1. The fourth-order valence-electron chi connectivity index (χ4n) is 1.32. The summed E-state index contributed by atoms with van der Waals surface area (Å²) in [6.07, 6.45) is 7.47. The van der Waals surface area contributed by atoms with E-state index in [0.717, 1.165) is 18.1 Å². The Morgan fingerprint density at radius 3 is 3.25 bits per heavy atom. The molecular weight excluding hydrogens is 174 g/mol. The van der Waals surface area contributed by atoms with Crippen LogP contribution in [0, 0.1) is 0 Å². The van der Waals surface area contributed by atoms with Crippen LogP contribution in [0.4, 0.5) is 0 Å². The monoisotopic (exact) mass is 183 g/mol. The lowest BCUT2D eigenvalue weighted by Crippen LogP contribution is -2.29. The van der Waals surface area contributed by atoms with Crippen LogP contribution in [-0.4, -0.2) is 22.6 Å². The van der Waals surface area contributed by atoms with E-state index in [9.17, 15) is 0 Å². The van der Waals surface area contributed by atoms with Crippen molar-refractivity contribution in [3.63, 3.8) is 0 Å². The maximum Gasteiger partial charge on any atom is 0.0952 e. The first-order valence-corrected chi connectivity index (χ1v) is 4.29. The van der Waals surface area contributed by atoms with Crippen molar-refractivity contribution in [3.8, 4) is 0 Å². The molecule has 4 heteroatoms. The third-order valence-corrected chi connectivity index (χ3v) is 2.39. The van der Waals surface area contributed by atoms with E-state index < -0.39 is 0 Å². The van der Waals surface area contributed by atoms with E-state index in [1.54, 1.807) is 12.5 Å². The Kier molecular flexibility index (Phi) is 2.15. The SMILES string of the molecule is ClC1=CCNCC1n1ccnc1. The van der Waals surface area contributed by atoms with Gasteiger partial charge in [0.2, 0.25) is 0 Å². The molecule has 0 saturated heterocycles. The molecule has 0 aliphatic carbocycles. The van der Waals surface area contributed by atoms with E-state index in [2.05, 4.69) is 10.3 Å². The van der Waals surface area contributed by atoms with Gasteiger partial charge in [0, 0.05) is 30.5 Å². The summed E-state index contributed by atoms with van der Waals surface area (Å²) in [6.45, 7) is 1.75. The summed E-state index contributed by atoms with van der Waals surface area (Å²) in [5, 5.41) is 4.14. The summed E-state index contributed by atoms with van der Waals surface area (Å²) in [7, 11) is 0. The van der Waals surface area contributed by atoms with E-state index in [1.165, 1.54) is 0 Å². The molecule has 0 spiro atoms. The second-order valence-electron chi connectivity index (χ2n) is 2.77. The Bertz CT molecular complexity index is 279. The van der Waals surface area contributed by atoms with Crippen molar-refractivity contribution in [3.05, 3.63) is 29.8 Å². The molecule has 1 aromatic heterocycles. The van der Waals surface area contributed by atoms with Crippen molar-refractivity contribution < 1.29 is 0 Å². The molecule has 1 atom stereocenters. The van der Waals surface area contributed by atoms with Gasteiger partial charge in [-0.2, -0.15) is 0 Å². The molecule has 12 heavy (non-hydrogen) atoms. The van der Waals surface area contributed by atoms with Crippen LogP contribution in [0.25, 0.3) is 0 Å². The fraction of sp³-hybridized carbons (Fsp3) is 0.375. The minimum Gasteiger partial charge on any atom is -0.328 e. The van der Waals surface area contributed by atoms with Crippen LogP contribution in [0.15, 0.2) is 29.8 Å². The van der Waals surface area contributed by atoms with Crippen LogP contribution >= 0.6 is 11.6 Å². The number of imidazole rings is 1. The number of hydrogen-bond donors (Lipinski definition) is 1. The molecule has 0 bridgehead atoms. The van der Waals surface area contributed by atoms with Crippen LogP contribution in [0.3, 0.4) is 0 Å². The zero-order valence-corrected chi connectivity index (χ0v) is 7.33. The lowest BCUT2D eigenvalue weighted by molar-refractivity contribution is 0.524. The summed E-state index contributed by atoms with van der Waals surface area (Å²) in [6, 6.07) is 0.225. The van der Waals surface area contributed by atoms with Crippen molar-refractivity contribution in [2.24, 2.45) is 0 Å². The van der Waals surface area contributed by atoms with Crippen LogP contribution in [-0.2, 0) is 0 Å². The topological polar surface area (TPSA) is 29.9 Å². The Hall–Kier alpha value is -0.800. The quantitative estimate of drug-likeness (QED) is 0.708. The van der Waals surface area contributed by atoms with Crippen molar-refractivity contribution >= 4 is 11.6 Å². The summed E-state index contributed by atoms with van der Waals surface area (Å²) >= 11 is 6.05. The van der Waals surface area contributed by atoms with Gasteiger partial charge in [-0.15, -0.1) is 0 Å². The van der Waals surface area contributed by atoms with Crippen LogP contribution in [0.2, 0.25) is 0 Å². The van der Waals surface area contributed by atoms with Gasteiger partial charge in [-0.25, -0.2) is 4.98 Å². The first-order chi connectivity index (χ1) is 5.88. The highest BCUT2D eigenvalue weighted by molar-refractivity contribution is 6.30. The first-order valence-electron chi connectivity index (χ1n) is 3.91. The van der Waals surface area contributed by atoms with Gasteiger partial charge in [0.15, 0.2) is 0 Å². The average Bonchev–Trinajstić information content (AvgIpc) is 2.57. The molecule has 0 saturated carbocycles. The van der Waals surface area contributed by atoms with Gasteiger partial charge in [-0.05, 0) is 0 Å². The summed E-state index contributed by atoms with van der Waals surface area (Å²) < 4.78 is 2.00. The minimum atomic E-state index is 0.225. The molecule has 0 fully saturated rings. The fourth-order valence-corrected chi connectivity index (χ4v) is 1.59. The molecule has 2 rings (SSSR count). The Morgan fingerprint density at radius 2 is 2.58 bits per heavy atom. The second kappa shape index (κ2) is 3.29. The molecule has 1 N–H and O–H groups in total. The minimum absolute atomic E-state index is 0.225. The summed E-state index contributed by atoms with van der Waals surface area (Å²) in [5.74, 6) is 0. The number of nitrogens with one attached hydrogen (secondary N) is 1. The first kappa shape index (κ1) is 7.83. The molecule has 3 nitrogen and oxygen atoms in total. The van der Waals surface area contributed by atoms with Crippen LogP contribution in [0.5, 0.6) is 0 Å². The predicted octanol–water partition coefficient (Wildman–Crippen LogP) is 1.15. The molecule has 1 aliphatic heterocycles. The molecular formula is C8H10ClN3. The van der Waals surface area contributed by atoms with Gasteiger partial charge in [0.1, 0.15) is 0 Å². The summed E-state index contributed by atoms with van der Waals surface area (Å²) in [4.78, 5) is 3.98. The molecule has 1 aliphatic rings. The lowest BCUT2D eigenvalue weighted by Gasteiger charge is -2.21. The van der Waals surface area contributed by atoms with Gasteiger partial charge in [-0.3, -0.25) is 0 Å². The normalized spacial score (nSPS) is 23.8. The van der Waals surface area contributed by atoms with Crippen LogP contribution in [0.1, 0.15) is 6.04 Å².